The molecule has 7 heteroatoms. The normalized spacial score (nSPS) is 11.8. The largest absolute Gasteiger partial charge is 0.346 e. The van der Waals surface area contributed by atoms with Crippen LogP contribution in [-0.4, -0.2) is 26.1 Å². The molecule has 0 atom stereocenters. The molecule has 5 N–H and O–H groups in total. The molecule has 9 heavy (non-hydrogen) atoms. The fraction of sp³-hybridized carbons (Fsp3) is 1.00. The van der Waals surface area contributed by atoms with Crippen LogP contribution in [0.4, 0.5) is 0 Å². The monoisotopic (exact) mass is 155 g/mol. The zero-order chi connectivity index (χ0) is 7.33. The molecule has 0 radical (unpaired) electrons. The van der Waals surface area contributed by atoms with E-state index in [4.69, 9.17) is 10.3 Å². The van der Waals surface area contributed by atoms with Gasteiger partial charge in [0.1, 0.15) is 0 Å². The van der Waals surface area contributed by atoms with Crippen molar-refractivity contribution in [1.82, 2.24) is 10.3 Å². The first-order valence-electron chi connectivity index (χ1n) is 2.23. The molecule has 0 aromatic heterocycles. The van der Waals surface area contributed by atoms with Gasteiger partial charge >= 0.3 is 10.3 Å². The lowest BCUT2D eigenvalue weighted by Gasteiger charge is -1.99. The van der Waals surface area contributed by atoms with E-state index in [0.29, 0.717) is 6.54 Å². The third-order valence-corrected chi connectivity index (χ3v) is 0.873. The predicted octanol–water partition coefficient (Wildman–Crippen LogP) is -2.16. The molecule has 0 fully saturated rings. The molecule has 0 amide bonds. The summed E-state index contributed by atoms with van der Waals surface area (Å²) in [6.07, 6.45) is 0. The fourth-order valence-electron chi connectivity index (χ4n) is 0.214. The maximum atomic E-state index is 9.85. The number of nitrogens with two attached hydrogens (primary N) is 1. The summed E-state index contributed by atoms with van der Waals surface area (Å²) in [5.41, 5.74) is 7.14. The average molecular weight is 155 g/mol. The Morgan fingerprint density at radius 3 is 2.44 bits per heavy atom. The average Bonchev–Trinajstić information content (AvgIpc) is 1.63. The standard InChI is InChI=1S/C2H9N3O3S/c3-1-2-4-5-9(6,7)8/h4-5H,1-3H2,(H,6,7,8). The number of hydrogen-bond acceptors (Lipinski definition) is 4. The molecule has 0 aliphatic carbocycles. The molecule has 0 aliphatic rings. The highest BCUT2D eigenvalue weighted by Crippen LogP contribution is 1.63. The highest BCUT2D eigenvalue weighted by Gasteiger charge is 1.97. The molecular formula is C2H9N3O3S. The van der Waals surface area contributed by atoms with E-state index in [-0.39, 0.29) is 6.54 Å². The van der Waals surface area contributed by atoms with E-state index in [1.807, 2.05) is 0 Å². The van der Waals surface area contributed by atoms with E-state index >= 15 is 0 Å². The minimum absolute atomic E-state index is 0.278. The smallest absolute Gasteiger partial charge is 0.329 e. The summed E-state index contributed by atoms with van der Waals surface area (Å²) in [6.45, 7) is 0.572. The maximum Gasteiger partial charge on any atom is 0.346 e. The molecule has 0 aliphatic heterocycles. The Morgan fingerprint density at radius 2 is 2.11 bits per heavy atom. The van der Waals surface area contributed by atoms with Crippen LogP contribution in [0.2, 0.25) is 0 Å². The number of hydrogen-bond donors (Lipinski definition) is 4. The Morgan fingerprint density at radius 1 is 1.56 bits per heavy atom. The zero-order valence-corrected chi connectivity index (χ0v) is 5.48. The summed E-state index contributed by atoms with van der Waals surface area (Å²) in [5, 5.41) is 0. The van der Waals surface area contributed by atoms with Crippen molar-refractivity contribution in [2.75, 3.05) is 13.1 Å². The molecule has 56 valence electrons. The molecule has 0 unspecified atom stereocenters. The van der Waals surface area contributed by atoms with Crippen molar-refractivity contribution in [3.05, 3.63) is 0 Å². The van der Waals surface area contributed by atoms with Gasteiger partial charge in [0.25, 0.3) is 0 Å². The van der Waals surface area contributed by atoms with Crippen LogP contribution in [-0.2, 0) is 10.3 Å². The van der Waals surface area contributed by atoms with Gasteiger partial charge in [-0.25, -0.2) is 5.43 Å². The van der Waals surface area contributed by atoms with Gasteiger partial charge in [-0.2, -0.15) is 8.42 Å². The van der Waals surface area contributed by atoms with Crippen molar-refractivity contribution in [2.24, 2.45) is 5.73 Å². The first kappa shape index (κ1) is 8.79. The van der Waals surface area contributed by atoms with Gasteiger partial charge in [0.2, 0.25) is 0 Å². The van der Waals surface area contributed by atoms with Crippen LogP contribution < -0.4 is 16.0 Å². The fourth-order valence-corrected chi connectivity index (χ4v) is 0.499. The molecular weight excluding hydrogens is 146 g/mol. The molecule has 0 saturated carbocycles. The predicted molar refractivity (Wildman–Crippen MR) is 31.7 cm³/mol. The van der Waals surface area contributed by atoms with Crippen LogP contribution in [0.15, 0.2) is 0 Å². The summed E-state index contributed by atoms with van der Waals surface area (Å²) in [6, 6.07) is 0. The SMILES string of the molecule is NCCNNS(=O)(=O)O. The molecule has 0 aromatic rings. The first-order chi connectivity index (χ1) is 4.06. The molecule has 0 rings (SSSR count). The lowest BCUT2D eigenvalue weighted by molar-refractivity contribution is 0.453. The first-order valence-corrected chi connectivity index (χ1v) is 3.67. The molecule has 0 bridgehead atoms. The molecule has 6 nitrogen and oxygen atoms in total. The van der Waals surface area contributed by atoms with Crippen molar-refractivity contribution in [2.45, 2.75) is 0 Å². The van der Waals surface area contributed by atoms with E-state index in [2.05, 4.69) is 5.43 Å². The van der Waals surface area contributed by atoms with Crippen LogP contribution in [0.5, 0.6) is 0 Å². The van der Waals surface area contributed by atoms with Gasteiger partial charge in [-0.05, 0) is 0 Å². The van der Waals surface area contributed by atoms with Gasteiger partial charge < -0.3 is 5.73 Å². The van der Waals surface area contributed by atoms with Crippen molar-refractivity contribution in [1.29, 1.82) is 0 Å². The summed E-state index contributed by atoms with van der Waals surface area (Å²) in [5.74, 6) is 0. The second kappa shape index (κ2) is 3.75. The van der Waals surface area contributed by atoms with E-state index in [0.717, 1.165) is 0 Å². The van der Waals surface area contributed by atoms with Crippen LogP contribution in [0.25, 0.3) is 0 Å². The third kappa shape index (κ3) is 7.79. The number of rotatable bonds is 4. The second-order valence-corrected chi connectivity index (χ2v) is 2.45. The Bertz CT molecular complexity index is 152. The van der Waals surface area contributed by atoms with Crippen molar-refractivity contribution in [3.63, 3.8) is 0 Å². The lowest BCUT2D eigenvalue weighted by atomic mass is 10.7. The van der Waals surface area contributed by atoms with Crippen LogP contribution >= 0.6 is 0 Å². The van der Waals surface area contributed by atoms with E-state index < -0.39 is 10.3 Å². The summed E-state index contributed by atoms with van der Waals surface area (Å²) >= 11 is 0. The Hall–Kier alpha value is -0.210. The van der Waals surface area contributed by atoms with Gasteiger partial charge in [0.05, 0.1) is 0 Å². The quantitative estimate of drug-likeness (QED) is 0.210. The van der Waals surface area contributed by atoms with Gasteiger partial charge in [0, 0.05) is 13.1 Å². The van der Waals surface area contributed by atoms with Crippen LogP contribution in [0.3, 0.4) is 0 Å². The van der Waals surface area contributed by atoms with Gasteiger partial charge in [-0.1, -0.05) is 0 Å². The van der Waals surface area contributed by atoms with Crippen LogP contribution in [0.1, 0.15) is 0 Å². The molecule has 0 spiro atoms. The molecule has 0 heterocycles. The van der Waals surface area contributed by atoms with Crippen LogP contribution in [0, 0.1) is 0 Å². The second-order valence-electron chi connectivity index (χ2n) is 1.29. The summed E-state index contributed by atoms with van der Waals surface area (Å²) in [7, 11) is -4.11. The Kier molecular flexibility index (Phi) is 3.66. The van der Waals surface area contributed by atoms with Crippen molar-refractivity contribution < 1.29 is 13.0 Å². The minimum atomic E-state index is -4.11. The maximum absolute atomic E-state index is 9.85. The summed E-state index contributed by atoms with van der Waals surface area (Å²) < 4.78 is 27.7. The lowest BCUT2D eigenvalue weighted by Crippen LogP contribution is -2.39. The van der Waals surface area contributed by atoms with E-state index in [1.54, 1.807) is 4.83 Å². The van der Waals surface area contributed by atoms with E-state index in [9.17, 15) is 8.42 Å². The summed E-state index contributed by atoms with van der Waals surface area (Å²) in [4.78, 5) is 1.62. The van der Waals surface area contributed by atoms with E-state index in [1.165, 1.54) is 0 Å². The minimum Gasteiger partial charge on any atom is -0.329 e. The number of nitrogens with one attached hydrogen (secondary N) is 2. The zero-order valence-electron chi connectivity index (χ0n) is 4.66. The topological polar surface area (TPSA) is 104 Å². The van der Waals surface area contributed by atoms with Gasteiger partial charge in [0.15, 0.2) is 0 Å². The van der Waals surface area contributed by atoms with Crippen molar-refractivity contribution >= 4 is 10.3 Å². The van der Waals surface area contributed by atoms with Gasteiger partial charge in [-0.15, -0.1) is 4.83 Å². The molecule has 0 aromatic carbocycles. The highest BCUT2D eigenvalue weighted by molar-refractivity contribution is 7.83. The highest BCUT2D eigenvalue weighted by atomic mass is 32.2. The Labute approximate surface area is 53.3 Å². The molecule has 0 saturated heterocycles. The number of hydrazine groups is 1. The Balaban J connectivity index is 3.30. The third-order valence-electron chi connectivity index (χ3n) is 0.470. The van der Waals surface area contributed by atoms with Gasteiger partial charge in [-0.3, -0.25) is 4.55 Å². The van der Waals surface area contributed by atoms with Crippen molar-refractivity contribution in [3.8, 4) is 0 Å².